The molecular weight excluding hydrogens is 481 g/mol. The molecule has 1 saturated heterocycles. The standard InChI is InChI=1S/C31H40FN3O3/c1-2-28(30(36)33-16-20-34-17-5-6-18-34)38-26-14-11-22-15-19-35(31(37)24-7-3-4-8-24)29(27(22)21-26)23-9-12-25(32)13-10-23/h9-14,21,24,28-29H,2-8,15-20H2,1H3,(H,33,36)/t28-,29-/m0/s1. The zero-order valence-corrected chi connectivity index (χ0v) is 22.5. The van der Waals surface area contributed by atoms with Gasteiger partial charge in [0.1, 0.15) is 11.6 Å². The molecule has 0 unspecified atom stereocenters. The maximum atomic E-state index is 13.8. The number of nitrogens with zero attached hydrogens (tertiary/aromatic N) is 2. The summed E-state index contributed by atoms with van der Waals surface area (Å²) in [6, 6.07) is 12.1. The van der Waals surface area contributed by atoms with Gasteiger partial charge in [0.25, 0.3) is 5.91 Å². The van der Waals surface area contributed by atoms with E-state index >= 15 is 0 Å². The minimum Gasteiger partial charge on any atom is -0.481 e. The van der Waals surface area contributed by atoms with Crippen LogP contribution in [0.1, 0.15) is 74.6 Å². The number of likely N-dealkylation sites (tertiary alicyclic amines) is 1. The van der Waals surface area contributed by atoms with Crippen molar-refractivity contribution in [1.82, 2.24) is 15.1 Å². The van der Waals surface area contributed by atoms with Crippen LogP contribution in [0.15, 0.2) is 42.5 Å². The summed E-state index contributed by atoms with van der Waals surface area (Å²) in [7, 11) is 0. The van der Waals surface area contributed by atoms with Gasteiger partial charge in [0.2, 0.25) is 5.91 Å². The Morgan fingerprint density at radius 2 is 1.76 bits per heavy atom. The van der Waals surface area contributed by atoms with Crippen LogP contribution < -0.4 is 10.1 Å². The average molecular weight is 522 g/mol. The molecule has 1 saturated carbocycles. The van der Waals surface area contributed by atoms with Gasteiger partial charge in [0.15, 0.2) is 6.10 Å². The van der Waals surface area contributed by atoms with E-state index in [1.807, 2.05) is 24.0 Å². The molecule has 2 aromatic rings. The van der Waals surface area contributed by atoms with Crippen LogP contribution in [0.5, 0.6) is 5.75 Å². The van der Waals surface area contributed by atoms with Crippen molar-refractivity contribution < 1.29 is 18.7 Å². The van der Waals surface area contributed by atoms with Gasteiger partial charge in [-0.25, -0.2) is 4.39 Å². The van der Waals surface area contributed by atoms with Crippen molar-refractivity contribution in [1.29, 1.82) is 0 Å². The number of nitrogens with one attached hydrogen (secondary N) is 1. The molecule has 2 atom stereocenters. The molecule has 38 heavy (non-hydrogen) atoms. The van der Waals surface area contributed by atoms with Crippen molar-refractivity contribution in [2.24, 2.45) is 5.92 Å². The third-order valence-corrected chi connectivity index (χ3v) is 8.39. The van der Waals surface area contributed by atoms with Gasteiger partial charge in [-0.2, -0.15) is 0 Å². The monoisotopic (exact) mass is 521 g/mol. The van der Waals surface area contributed by atoms with Crippen LogP contribution in [-0.4, -0.2) is 60.4 Å². The second kappa shape index (κ2) is 12.3. The van der Waals surface area contributed by atoms with Crippen molar-refractivity contribution >= 4 is 11.8 Å². The molecule has 1 N–H and O–H groups in total. The predicted molar refractivity (Wildman–Crippen MR) is 145 cm³/mol. The van der Waals surface area contributed by atoms with Gasteiger partial charge in [-0.05, 0) is 92.6 Å². The molecule has 204 valence electrons. The first-order chi connectivity index (χ1) is 18.5. The van der Waals surface area contributed by atoms with E-state index in [1.165, 1.54) is 25.0 Å². The number of halogens is 1. The molecule has 0 bridgehead atoms. The lowest BCUT2D eigenvalue weighted by atomic mass is 9.87. The summed E-state index contributed by atoms with van der Waals surface area (Å²) < 4.78 is 20.0. The highest BCUT2D eigenvalue weighted by molar-refractivity contribution is 5.81. The lowest BCUT2D eigenvalue weighted by Gasteiger charge is -2.39. The molecule has 5 rings (SSSR count). The number of benzene rings is 2. The zero-order chi connectivity index (χ0) is 26.5. The van der Waals surface area contributed by atoms with Gasteiger partial charge in [0.05, 0.1) is 6.04 Å². The maximum Gasteiger partial charge on any atom is 0.261 e. The Hall–Kier alpha value is -2.93. The summed E-state index contributed by atoms with van der Waals surface area (Å²) in [6.07, 6.45) is 7.26. The van der Waals surface area contributed by atoms with Gasteiger partial charge in [-0.1, -0.05) is 38.0 Å². The van der Waals surface area contributed by atoms with Gasteiger partial charge >= 0.3 is 0 Å². The second-order valence-electron chi connectivity index (χ2n) is 10.9. The largest absolute Gasteiger partial charge is 0.481 e. The molecule has 1 aliphatic carbocycles. The van der Waals surface area contributed by atoms with Crippen molar-refractivity contribution in [3.63, 3.8) is 0 Å². The van der Waals surface area contributed by atoms with Crippen molar-refractivity contribution in [2.45, 2.75) is 70.4 Å². The number of ether oxygens (including phenoxy) is 1. The second-order valence-corrected chi connectivity index (χ2v) is 10.9. The molecule has 2 aromatic carbocycles. The summed E-state index contributed by atoms with van der Waals surface area (Å²) >= 11 is 0. The Balaban J connectivity index is 1.35. The molecule has 2 fully saturated rings. The Bertz CT molecular complexity index is 1110. The molecule has 2 amide bonds. The first-order valence-corrected chi connectivity index (χ1v) is 14.4. The van der Waals surface area contributed by atoms with E-state index in [4.69, 9.17) is 4.74 Å². The molecule has 0 spiro atoms. The number of hydrogen-bond acceptors (Lipinski definition) is 4. The molecule has 3 aliphatic rings. The summed E-state index contributed by atoms with van der Waals surface area (Å²) in [5.74, 6) is 0.479. The lowest BCUT2D eigenvalue weighted by Crippen LogP contribution is -2.43. The van der Waals surface area contributed by atoms with Crippen LogP contribution in [0, 0.1) is 11.7 Å². The van der Waals surface area contributed by atoms with E-state index in [2.05, 4.69) is 16.3 Å². The van der Waals surface area contributed by atoms with Crippen LogP contribution in [0.3, 0.4) is 0 Å². The fourth-order valence-electron chi connectivity index (χ4n) is 6.26. The smallest absolute Gasteiger partial charge is 0.261 e. The SMILES string of the molecule is CC[C@H](Oc1ccc2c(c1)[C@H](c1ccc(F)cc1)N(C(=O)C1CCCC1)CC2)C(=O)NCCN1CCCC1. The topological polar surface area (TPSA) is 61.9 Å². The Morgan fingerprint density at radius 1 is 1.03 bits per heavy atom. The van der Waals surface area contributed by atoms with E-state index in [-0.39, 0.29) is 29.6 Å². The minimum absolute atomic E-state index is 0.0626. The molecular formula is C31H40FN3O3. The van der Waals surface area contributed by atoms with Crippen LogP contribution in [0.4, 0.5) is 4.39 Å². The summed E-state index contributed by atoms with van der Waals surface area (Å²) in [5.41, 5.74) is 3.05. The highest BCUT2D eigenvalue weighted by Gasteiger charge is 2.36. The van der Waals surface area contributed by atoms with E-state index in [1.54, 1.807) is 12.1 Å². The van der Waals surface area contributed by atoms with Crippen LogP contribution in [-0.2, 0) is 16.0 Å². The van der Waals surface area contributed by atoms with Crippen LogP contribution >= 0.6 is 0 Å². The van der Waals surface area contributed by atoms with Gasteiger partial charge in [-0.3, -0.25) is 9.59 Å². The number of hydrogen-bond donors (Lipinski definition) is 1. The molecule has 2 heterocycles. The van der Waals surface area contributed by atoms with Crippen molar-refractivity contribution in [2.75, 3.05) is 32.7 Å². The lowest BCUT2D eigenvalue weighted by molar-refractivity contribution is -0.137. The quantitative estimate of drug-likeness (QED) is 0.512. The number of amides is 2. The van der Waals surface area contributed by atoms with Crippen molar-refractivity contribution in [3.8, 4) is 5.75 Å². The molecule has 0 aromatic heterocycles. The minimum atomic E-state index is -0.587. The van der Waals surface area contributed by atoms with Gasteiger partial charge in [-0.15, -0.1) is 0 Å². The first-order valence-electron chi connectivity index (χ1n) is 14.4. The number of carbonyl (C=O) groups is 2. The fraction of sp³-hybridized carbons (Fsp3) is 0.548. The maximum absolute atomic E-state index is 13.8. The first kappa shape index (κ1) is 26.7. The summed E-state index contributed by atoms with van der Waals surface area (Å²) in [5, 5.41) is 3.04. The Morgan fingerprint density at radius 3 is 2.47 bits per heavy atom. The zero-order valence-electron chi connectivity index (χ0n) is 22.5. The number of rotatable bonds is 9. The molecule has 6 nitrogen and oxygen atoms in total. The van der Waals surface area contributed by atoms with E-state index in [0.717, 1.165) is 68.4 Å². The number of carbonyl (C=O) groups excluding carboxylic acids is 2. The van der Waals surface area contributed by atoms with Crippen LogP contribution in [0.2, 0.25) is 0 Å². The predicted octanol–water partition coefficient (Wildman–Crippen LogP) is 4.86. The highest BCUT2D eigenvalue weighted by atomic mass is 19.1. The molecule has 7 heteroatoms. The van der Waals surface area contributed by atoms with Gasteiger partial charge in [0, 0.05) is 25.6 Å². The van der Waals surface area contributed by atoms with Crippen LogP contribution in [0.25, 0.3) is 0 Å². The molecule has 0 radical (unpaired) electrons. The fourth-order valence-corrected chi connectivity index (χ4v) is 6.26. The highest BCUT2D eigenvalue weighted by Crippen LogP contribution is 2.40. The van der Waals surface area contributed by atoms with Gasteiger partial charge < -0.3 is 19.9 Å². The summed E-state index contributed by atoms with van der Waals surface area (Å²) in [6.45, 7) is 6.29. The number of fused-ring (bicyclic) bond motifs is 1. The summed E-state index contributed by atoms with van der Waals surface area (Å²) in [4.78, 5) is 30.9. The van der Waals surface area contributed by atoms with Crippen molar-refractivity contribution in [3.05, 3.63) is 65.0 Å². The normalized spacial score (nSPS) is 20.8. The molecule has 2 aliphatic heterocycles. The van der Waals surface area contributed by atoms with E-state index in [0.29, 0.717) is 25.3 Å². The third-order valence-electron chi connectivity index (χ3n) is 8.39. The average Bonchev–Trinajstić information content (AvgIpc) is 3.66. The third kappa shape index (κ3) is 6.04. The Kier molecular flexibility index (Phi) is 8.62. The van der Waals surface area contributed by atoms with E-state index in [9.17, 15) is 14.0 Å². The van der Waals surface area contributed by atoms with E-state index < -0.39 is 6.10 Å². The Labute approximate surface area is 225 Å².